The van der Waals surface area contributed by atoms with E-state index in [1.54, 1.807) is 12.1 Å². The fourth-order valence-electron chi connectivity index (χ4n) is 4.04. The van der Waals surface area contributed by atoms with Crippen molar-refractivity contribution in [1.29, 1.82) is 0 Å². The van der Waals surface area contributed by atoms with Gasteiger partial charge in [-0.2, -0.15) is 0 Å². The Morgan fingerprint density at radius 1 is 1.24 bits per heavy atom. The molecule has 3 amide bonds. The fourth-order valence-corrected chi connectivity index (χ4v) is 4.28. The molecule has 2 N–H and O–H groups in total. The SMILES string of the molecule is O=C1CC[C@@H](C(=O)N(c2cncc(F)c2)[C@H](C(=O)NC2CC(F)(F)C2)c2ccccc2Cl)N1. The highest BCUT2D eigenvalue weighted by Crippen LogP contribution is 2.39. The lowest BCUT2D eigenvalue weighted by atomic mass is 9.87. The van der Waals surface area contributed by atoms with E-state index in [0.717, 1.165) is 17.2 Å². The van der Waals surface area contributed by atoms with Gasteiger partial charge in [0.1, 0.15) is 17.9 Å². The predicted octanol–water partition coefficient (Wildman–Crippen LogP) is 3.14. The van der Waals surface area contributed by atoms with E-state index in [2.05, 4.69) is 15.6 Å². The van der Waals surface area contributed by atoms with Gasteiger partial charge in [0.15, 0.2) is 0 Å². The van der Waals surface area contributed by atoms with E-state index in [1.807, 2.05) is 0 Å². The third-order valence-electron chi connectivity index (χ3n) is 5.64. The van der Waals surface area contributed by atoms with Gasteiger partial charge in [0.2, 0.25) is 11.8 Å². The van der Waals surface area contributed by atoms with Crippen molar-refractivity contribution in [3.05, 3.63) is 59.1 Å². The molecule has 1 aromatic carbocycles. The third-order valence-corrected chi connectivity index (χ3v) is 5.99. The summed E-state index contributed by atoms with van der Waals surface area (Å²) in [5.74, 6) is -5.38. The summed E-state index contributed by atoms with van der Waals surface area (Å²) in [6.45, 7) is 0. The van der Waals surface area contributed by atoms with E-state index in [1.165, 1.54) is 18.3 Å². The summed E-state index contributed by atoms with van der Waals surface area (Å²) in [6.07, 6.45) is 1.38. The molecule has 1 aromatic heterocycles. The van der Waals surface area contributed by atoms with Crippen LogP contribution in [0.3, 0.4) is 0 Å². The maximum Gasteiger partial charge on any atom is 0.252 e. The summed E-state index contributed by atoms with van der Waals surface area (Å²) < 4.78 is 40.7. The molecule has 0 unspecified atom stereocenters. The van der Waals surface area contributed by atoms with Crippen molar-refractivity contribution < 1.29 is 27.6 Å². The summed E-state index contributed by atoms with van der Waals surface area (Å²) >= 11 is 6.35. The van der Waals surface area contributed by atoms with Crippen LogP contribution in [0.5, 0.6) is 0 Å². The summed E-state index contributed by atoms with van der Waals surface area (Å²) in [5, 5.41) is 5.24. The number of carbonyl (C=O) groups is 3. The number of hydrogen-bond acceptors (Lipinski definition) is 4. The van der Waals surface area contributed by atoms with Gasteiger partial charge in [0, 0.05) is 42.0 Å². The largest absolute Gasteiger partial charge is 0.351 e. The molecule has 4 rings (SSSR count). The summed E-state index contributed by atoms with van der Waals surface area (Å²) in [7, 11) is 0. The molecule has 2 atom stereocenters. The highest BCUT2D eigenvalue weighted by Gasteiger charge is 2.47. The number of rotatable bonds is 6. The number of benzene rings is 1. The number of anilines is 1. The number of nitrogens with one attached hydrogen (secondary N) is 2. The van der Waals surface area contributed by atoms with Crippen LogP contribution in [0.15, 0.2) is 42.7 Å². The van der Waals surface area contributed by atoms with Crippen LogP contribution in [0.25, 0.3) is 0 Å². The molecular weight excluding hydrogens is 461 g/mol. The van der Waals surface area contributed by atoms with Crippen LogP contribution in [0.1, 0.15) is 37.3 Å². The molecule has 0 radical (unpaired) electrons. The molecule has 7 nitrogen and oxygen atoms in total. The second-order valence-corrected chi connectivity index (χ2v) is 8.53. The highest BCUT2D eigenvalue weighted by atomic mass is 35.5. The topological polar surface area (TPSA) is 91.4 Å². The first-order valence-electron chi connectivity index (χ1n) is 10.3. The van der Waals surface area contributed by atoms with Gasteiger partial charge in [-0.15, -0.1) is 0 Å². The molecule has 0 spiro atoms. The molecule has 33 heavy (non-hydrogen) atoms. The van der Waals surface area contributed by atoms with Crippen LogP contribution in [0, 0.1) is 5.82 Å². The Hall–Kier alpha value is -3.14. The third kappa shape index (κ3) is 4.95. The lowest BCUT2D eigenvalue weighted by Gasteiger charge is -2.38. The minimum absolute atomic E-state index is 0.0415. The van der Waals surface area contributed by atoms with Gasteiger partial charge >= 0.3 is 0 Å². The molecular formula is C22H20ClF3N4O3. The van der Waals surface area contributed by atoms with Crippen molar-refractivity contribution in [2.45, 2.75) is 49.7 Å². The Bertz CT molecular complexity index is 1090. The highest BCUT2D eigenvalue weighted by molar-refractivity contribution is 6.31. The zero-order valence-electron chi connectivity index (χ0n) is 17.2. The molecule has 1 saturated heterocycles. The summed E-state index contributed by atoms with van der Waals surface area (Å²) in [5.41, 5.74) is 0.171. The lowest BCUT2D eigenvalue weighted by molar-refractivity contribution is -0.133. The van der Waals surface area contributed by atoms with Crippen LogP contribution in [0.4, 0.5) is 18.9 Å². The van der Waals surface area contributed by atoms with E-state index < -0.39 is 54.5 Å². The molecule has 1 saturated carbocycles. The van der Waals surface area contributed by atoms with E-state index >= 15 is 0 Å². The zero-order chi connectivity index (χ0) is 23.8. The molecule has 174 valence electrons. The zero-order valence-corrected chi connectivity index (χ0v) is 18.0. The van der Waals surface area contributed by atoms with E-state index in [-0.39, 0.29) is 35.0 Å². The van der Waals surface area contributed by atoms with Crippen LogP contribution in [-0.2, 0) is 14.4 Å². The number of aromatic nitrogens is 1. The Morgan fingerprint density at radius 3 is 2.58 bits per heavy atom. The molecule has 2 aliphatic rings. The Labute approximate surface area is 192 Å². The molecule has 1 aliphatic carbocycles. The van der Waals surface area contributed by atoms with Gasteiger partial charge in [-0.25, -0.2) is 13.2 Å². The van der Waals surface area contributed by atoms with E-state index in [9.17, 15) is 27.6 Å². The minimum atomic E-state index is -2.87. The lowest BCUT2D eigenvalue weighted by Crippen LogP contribution is -2.55. The maximum absolute atomic E-state index is 14.1. The Balaban J connectivity index is 1.77. The molecule has 2 heterocycles. The van der Waals surface area contributed by atoms with Gasteiger partial charge in [0.05, 0.1) is 18.1 Å². The van der Waals surface area contributed by atoms with Gasteiger partial charge < -0.3 is 10.6 Å². The maximum atomic E-state index is 14.1. The average molecular weight is 481 g/mol. The minimum Gasteiger partial charge on any atom is -0.351 e. The van der Waals surface area contributed by atoms with E-state index in [4.69, 9.17) is 11.6 Å². The van der Waals surface area contributed by atoms with Crippen molar-refractivity contribution in [3.8, 4) is 0 Å². The summed E-state index contributed by atoms with van der Waals surface area (Å²) in [4.78, 5) is 43.4. The molecule has 1 aliphatic heterocycles. The first-order valence-corrected chi connectivity index (χ1v) is 10.7. The second-order valence-electron chi connectivity index (χ2n) is 8.12. The number of nitrogens with zero attached hydrogens (tertiary/aromatic N) is 2. The van der Waals surface area contributed by atoms with Crippen LogP contribution in [0.2, 0.25) is 5.02 Å². The van der Waals surface area contributed by atoms with Gasteiger partial charge in [0.25, 0.3) is 11.8 Å². The number of alkyl halides is 2. The quantitative estimate of drug-likeness (QED) is 0.664. The molecule has 11 heteroatoms. The van der Waals surface area contributed by atoms with Gasteiger partial charge in [-0.3, -0.25) is 24.3 Å². The van der Waals surface area contributed by atoms with Crippen LogP contribution >= 0.6 is 11.6 Å². The van der Waals surface area contributed by atoms with Crippen molar-refractivity contribution in [3.63, 3.8) is 0 Å². The number of amides is 3. The number of carbonyl (C=O) groups excluding carboxylic acids is 3. The van der Waals surface area contributed by atoms with Gasteiger partial charge in [-0.1, -0.05) is 29.8 Å². The Kier molecular flexibility index (Phi) is 6.29. The van der Waals surface area contributed by atoms with Crippen LogP contribution < -0.4 is 15.5 Å². The smallest absolute Gasteiger partial charge is 0.252 e. The molecule has 0 bridgehead atoms. The summed E-state index contributed by atoms with van der Waals surface area (Å²) in [6, 6.07) is 4.12. The van der Waals surface area contributed by atoms with Crippen molar-refractivity contribution in [2.75, 3.05) is 4.90 Å². The number of pyridine rings is 1. The van der Waals surface area contributed by atoms with Crippen molar-refractivity contribution in [1.82, 2.24) is 15.6 Å². The fraction of sp³-hybridized carbons (Fsp3) is 0.364. The molecule has 2 fully saturated rings. The number of hydrogen-bond donors (Lipinski definition) is 2. The van der Waals surface area contributed by atoms with Crippen molar-refractivity contribution >= 4 is 35.0 Å². The average Bonchev–Trinajstić information content (AvgIpc) is 3.17. The second kappa shape index (κ2) is 9.01. The van der Waals surface area contributed by atoms with Gasteiger partial charge in [-0.05, 0) is 12.5 Å². The van der Waals surface area contributed by atoms with E-state index in [0.29, 0.717) is 0 Å². The van der Waals surface area contributed by atoms with Crippen molar-refractivity contribution in [2.24, 2.45) is 0 Å². The first-order chi connectivity index (χ1) is 15.6. The molecule has 2 aromatic rings. The number of halogens is 4. The first kappa shape index (κ1) is 23.0. The normalized spacial score (nSPS) is 20.5. The Morgan fingerprint density at radius 2 is 1.97 bits per heavy atom. The van der Waals surface area contributed by atoms with Crippen LogP contribution in [-0.4, -0.2) is 40.7 Å². The standard InChI is InChI=1S/C22H20ClF3N4O3/c23-16-4-2-1-3-15(16)19(20(32)28-13-8-22(25,26)9-13)30(14-7-12(24)10-27-11-14)21(33)17-5-6-18(31)29-17/h1-4,7,10-11,13,17,19H,5-6,8-9H2,(H,28,32)(H,29,31)/t17-,19-/m0/s1. The monoisotopic (exact) mass is 480 g/mol. The predicted molar refractivity (Wildman–Crippen MR) is 113 cm³/mol.